The average molecular weight is 294 g/mol. The third kappa shape index (κ3) is 3.17. The summed E-state index contributed by atoms with van der Waals surface area (Å²) in [5.74, 6) is 1.40. The highest BCUT2D eigenvalue weighted by Gasteiger charge is 2.02. The molecule has 17 heavy (non-hydrogen) atoms. The van der Waals surface area contributed by atoms with E-state index >= 15 is 0 Å². The first-order chi connectivity index (χ1) is 8.29. The third-order valence-electron chi connectivity index (χ3n) is 2.15. The van der Waals surface area contributed by atoms with Crippen LogP contribution in [-0.4, -0.2) is 17.0 Å². The summed E-state index contributed by atoms with van der Waals surface area (Å²) in [7, 11) is 1.79. The Balaban J connectivity index is 2.05. The van der Waals surface area contributed by atoms with Gasteiger partial charge in [0, 0.05) is 13.2 Å². The Morgan fingerprint density at radius 1 is 1.29 bits per heavy atom. The molecule has 0 fully saturated rings. The van der Waals surface area contributed by atoms with Gasteiger partial charge >= 0.3 is 0 Å². The highest BCUT2D eigenvalue weighted by Crippen LogP contribution is 2.24. The van der Waals surface area contributed by atoms with Crippen molar-refractivity contribution >= 4 is 21.9 Å². The molecule has 2 rings (SSSR count). The molecule has 0 aliphatic carbocycles. The second-order valence-electron chi connectivity index (χ2n) is 3.34. The highest BCUT2D eigenvalue weighted by atomic mass is 79.9. The minimum Gasteiger partial charge on any atom is -0.486 e. The van der Waals surface area contributed by atoms with Gasteiger partial charge in [0.05, 0.1) is 10.2 Å². The zero-order valence-electron chi connectivity index (χ0n) is 9.35. The molecule has 4 nitrogen and oxygen atoms in total. The molecule has 88 valence electrons. The summed E-state index contributed by atoms with van der Waals surface area (Å²) in [6.07, 6.45) is 1.71. The molecule has 0 saturated carbocycles. The Hall–Kier alpha value is -1.62. The standard InChI is InChI=1S/C12H12BrN3O/c1-14-12-15-7-6-9(16-12)8-17-11-5-3-2-4-10(11)13/h2-7H,8H2,1H3,(H,14,15,16). The van der Waals surface area contributed by atoms with Crippen molar-refractivity contribution in [1.29, 1.82) is 0 Å². The van der Waals surface area contributed by atoms with E-state index in [1.165, 1.54) is 0 Å². The van der Waals surface area contributed by atoms with Crippen LogP contribution in [0.5, 0.6) is 5.75 Å². The van der Waals surface area contributed by atoms with Crippen LogP contribution in [-0.2, 0) is 6.61 Å². The number of rotatable bonds is 4. The average Bonchev–Trinajstić information content (AvgIpc) is 2.38. The first kappa shape index (κ1) is 11.9. The van der Waals surface area contributed by atoms with E-state index in [1.807, 2.05) is 30.3 Å². The summed E-state index contributed by atoms with van der Waals surface area (Å²) in [5, 5.41) is 2.89. The van der Waals surface area contributed by atoms with Crippen LogP contribution in [0.25, 0.3) is 0 Å². The van der Waals surface area contributed by atoms with Gasteiger partial charge in [-0.15, -0.1) is 0 Å². The smallest absolute Gasteiger partial charge is 0.222 e. The molecule has 0 bridgehead atoms. The maximum absolute atomic E-state index is 5.66. The quantitative estimate of drug-likeness (QED) is 0.942. The Morgan fingerprint density at radius 2 is 2.12 bits per heavy atom. The first-order valence-corrected chi connectivity index (χ1v) is 5.96. The lowest BCUT2D eigenvalue weighted by Crippen LogP contribution is -2.02. The van der Waals surface area contributed by atoms with Crippen molar-refractivity contribution in [3.05, 3.63) is 46.7 Å². The molecule has 0 saturated heterocycles. The number of ether oxygens (including phenoxy) is 1. The predicted molar refractivity (Wildman–Crippen MR) is 70.1 cm³/mol. The molecule has 5 heteroatoms. The lowest BCUT2D eigenvalue weighted by molar-refractivity contribution is 0.299. The monoisotopic (exact) mass is 293 g/mol. The van der Waals surface area contributed by atoms with Crippen LogP contribution < -0.4 is 10.1 Å². The molecule has 0 unspecified atom stereocenters. The van der Waals surface area contributed by atoms with Crippen molar-refractivity contribution in [2.75, 3.05) is 12.4 Å². The Labute approximate surface area is 108 Å². The van der Waals surface area contributed by atoms with E-state index in [0.717, 1.165) is 15.9 Å². The van der Waals surface area contributed by atoms with E-state index in [-0.39, 0.29) is 0 Å². The molecular weight excluding hydrogens is 282 g/mol. The van der Waals surface area contributed by atoms with Crippen molar-refractivity contribution in [3.8, 4) is 5.75 Å². The molecule has 0 amide bonds. The fourth-order valence-corrected chi connectivity index (χ4v) is 1.71. The van der Waals surface area contributed by atoms with E-state index in [4.69, 9.17) is 4.74 Å². The van der Waals surface area contributed by atoms with Gasteiger partial charge in [-0.25, -0.2) is 9.97 Å². The Morgan fingerprint density at radius 3 is 2.88 bits per heavy atom. The van der Waals surface area contributed by atoms with Gasteiger partial charge in [-0.1, -0.05) is 12.1 Å². The molecule has 0 radical (unpaired) electrons. The molecule has 0 spiro atoms. The van der Waals surface area contributed by atoms with Gasteiger partial charge in [0.25, 0.3) is 0 Å². The van der Waals surface area contributed by atoms with E-state index in [0.29, 0.717) is 12.6 Å². The number of benzene rings is 1. The van der Waals surface area contributed by atoms with Crippen LogP contribution in [0.3, 0.4) is 0 Å². The molecule has 0 atom stereocenters. The van der Waals surface area contributed by atoms with Gasteiger partial charge in [0.2, 0.25) is 5.95 Å². The lowest BCUT2D eigenvalue weighted by Gasteiger charge is -2.07. The SMILES string of the molecule is CNc1nccc(COc2ccccc2Br)n1. The van der Waals surface area contributed by atoms with Crippen molar-refractivity contribution in [3.63, 3.8) is 0 Å². The molecule has 1 aromatic heterocycles. The number of nitrogens with one attached hydrogen (secondary N) is 1. The Bertz CT molecular complexity index is 505. The van der Waals surface area contributed by atoms with Gasteiger partial charge < -0.3 is 10.1 Å². The molecule has 1 heterocycles. The fraction of sp³-hybridized carbons (Fsp3) is 0.167. The largest absolute Gasteiger partial charge is 0.486 e. The van der Waals surface area contributed by atoms with Crippen molar-refractivity contribution in [1.82, 2.24) is 9.97 Å². The third-order valence-corrected chi connectivity index (χ3v) is 2.80. The summed E-state index contributed by atoms with van der Waals surface area (Å²) in [6.45, 7) is 0.416. The molecule has 1 N–H and O–H groups in total. The van der Waals surface area contributed by atoms with Gasteiger partial charge in [-0.05, 0) is 34.1 Å². The molecule has 0 aliphatic rings. The maximum atomic E-state index is 5.66. The lowest BCUT2D eigenvalue weighted by atomic mass is 10.3. The normalized spacial score (nSPS) is 10.0. The fourth-order valence-electron chi connectivity index (χ4n) is 1.31. The number of aromatic nitrogens is 2. The van der Waals surface area contributed by atoms with Gasteiger partial charge in [-0.2, -0.15) is 0 Å². The predicted octanol–water partition coefficient (Wildman–Crippen LogP) is 2.86. The van der Waals surface area contributed by atoms with E-state index in [9.17, 15) is 0 Å². The maximum Gasteiger partial charge on any atom is 0.222 e. The van der Waals surface area contributed by atoms with Gasteiger partial charge in [0.15, 0.2) is 0 Å². The Kier molecular flexibility index (Phi) is 3.93. The van der Waals surface area contributed by atoms with E-state index in [1.54, 1.807) is 13.2 Å². The van der Waals surface area contributed by atoms with Crippen LogP contribution in [0.2, 0.25) is 0 Å². The number of para-hydroxylation sites is 1. The molecular formula is C12H12BrN3O. The zero-order chi connectivity index (χ0) is 12.1. The minimum absolute atomic E-state index is 0.416. The summed E-state index contributed by atoms with van der Waals surface area (Å²) < 4.78 is 6.59. The van der Waals surface area contributed by atoms with Crippen LogP contribution in [0.15, 0.2) is 41.0 Å². The molecule has 1 aromatic carbocycles. The number of nitrogens with zero attached hydrogens (tertiary/aromatic N) is 2. The second kappa shape index (κ2) is 5.63. The van der Waals surface area contributed by atoms with Crippen LogP contribution in [0, 0.1) is 0 Å². The zero-order valence-corrected chi connectivity index (χ0v) is 10.9. The second-order valence-corrected chi connectivity index (χ2v) is 4.20. The number of hydrogen-bond acceptors (Lipinski definition) is 4. The topological polar surface area (TPSA) is 47.0 Å². The highest BCUT2D eigenvalue weighted by molar-refractivity contribution is 9.10. The van der Waals surface area contributed by atoms with Crippen LogP contribution in [0.1, 0.15) is 5.69 Å². The van der Waals surface area contributed by atoms with Crippen molar-refractivity contribution < 1.29 is 4.74 Å². The number of halogens is 1. The summed E-state index contributed by atoms with van der Waals surface area (Å²) >= 11 is 3.43. The van der Waals surface area contributed by atoms with Crippen molar-refractivity contribution in [2.24, 2.45) is 0 Å². The first-order valence-electron chi connectivity index (χ1n) is 5.16. The number of hydrogen-bond donors (Lipinski definition) is 1. The van der Waals surface area contributed by atoms with E-state index in [2.05, 4.69) is 31.2 Å². The molecule has 0 aliphatic heterocycles. The van der Waals surface area contributed by atoms with E-state index < -0.39 is 0 Å². The van der Waals surface area contributed by atoms with Gasteiger partial charge in [0.1, 0.15) is 12.4 Å². The molecule has 2 aromatic rings. The summed E-state index contributed by atoms with van der Waals surface area (Å²) in [6, 6.07) is 9.55. The summed E-state index contributed by atoms with van der Waals surface area (Å²) in [4.78, 5) is 8.32. The summed E-state index contributed by atoms with van der Waals surface area (Å²) in [5.41, 5.74) is 0.833. The number of anilines is 1. The van der Waals surface area contributed by atoms with Crippen LogP contribution in [0.4, 0.5) is 5.95 Å². The minimum atomic E-state index is 0.416. The van der Waals surface area contributed by atoms with Crippen molar-refractivity contribution in [2.45, 2.75) is 6.61 Å². The van der Waals surface area contributed by atoms with Gasteiger partial charge in [-0.3, -0.25) is 0 Å². The van der Waals surface area contributed by atoms with Crippen LogP contribution >= 0.6 is 15.9 Å².